The second-order valence-corrected chi connectivity index (χ2v) is 14.3. The Morgan fingerprint density at radius 3 is 1.83 bits per heavy atom. The molecule has 0 N–H and O–H groups in total. The van der Waals surface area contributed by atoms with Crippen molar-refractivity contribution >= 4 is 8.80 Å². The van der Waals surface area contributed by atoms with Crippen LogP contribution in [0.15, 0.2) is 12.7 Å². The van der Waals surface area contributed by atoms with E-state index in [4.69, 9.17) is 0 Å². The normalized spacial score (nSPS) is 48.3. The fourth-order valence-corrected chi connectivity index (χ4v) is 13.8. The zero-order chi connectivity index (χ0) is 16.9. The summed E-state index contributed by atoms with van der Waals surface area (Å²) in [5.74, 6) is 4.69. The molecule has 0 radical (unpaired) electrons. The van der Waals surface area contributed by atoms with Crippen molar-refractivity contribution in [2.24, 2.45) is 34.5 Å². The Labute approximate surface area is 152 Å². The highest BCUT2D eigenvalue weighted by Gasteiger charge is 2.57. The highest BCUT2D eigenvalue weighted by Crippen LogP contribution is 2.65. The minimum absolute atomic E-state index is 0.338. The van der Waals surface area contributed by atoms with E-state index >= 15 is 0 Å². The molecule has 0 nitrogen and oxygen atoms in total. The van der Waals surface area contributed by atoms with E-state index in [0.29, 0.717) is 10.8 Å². The maximum atomic E-state index is 4.09. The van der Waals surface area contributed by atoms with E-state index in [-0.39, 0.29) is 0 Å². The van der Waals surface area contributed by atoms with Gasteiger partial charge >= 0.3 is 0 Å². The van der Waals surface area contributed by atoms with Gasteiger partial charge in [-0.05, 0) is 59.3 Å². The molecule has 4 atom stereocenters. The van der Waals surface area contributed by atoms with E-state index < -0.39 is 8.80 Å². The van der Waals surface area contributed by atoms with E-state index in [1.165, 1.54) is 23.8 Å². The third-order valence-corrected chi connectivity index (χ3v) is 13.9. The minimum atomic E-state index is -0.501. The molecule has 4 aliphatic rings. The van der Waals surface area contributed by atoms with Gasteiger partial charge in [0.05, 0.1) is 0 Å². The van der Waals surface area contributed by atoms with Crippen molar-refractivity contribution in [1.82, 2.24) is 0 Å². The smallest absolute Gasteiger partial charge is 0.0415 e. The maximum absolute atomic E-state index is 4.09. The summed E-state index contributed by atoms with van der Waals surface area (Å²) in [7, 11) is -0.501. The van der Waals surface area contributed by atoms with Crippen LogP contribution in [0.5, 0.6) is 0 Å². The fraction of sp³-hybridized carbons (Fsp3) is 0.913. The average molecular weight is 345 g/mol. The average Bonchev–Trinajstić information content (AvgIpc) is 2.86. The van der Waals surface area contributed by atoms with Crippen molar-refractivity contribution in [2.75, 3.05) is 0 Å². The Morgan fingerprint density at radius 2 is 1.38 bits per heavy atom. The first kappa shape index (κ1) is 17.4. The molecule has 4 rings (SSSR count). The largest absolute Gasteiger partial charge is 0.103 e. The summed E-state index contributed by atoms with van der Waals surface area (Å²) in [4.78, 5) is 0. The van der Waals surface area contributed by atoms with E-state index in [1.807, 2.05) is 0 Å². The lowest BCUT2D eigenvalue weighted by atomic mass is 9.73. The number of allylic oxidation sites excluding steroid dienone is 1. The third-order valence-electron chi connectivity index (χ3n) is 8.78. The Balaban J connectivity index is 1.47. The van der Waals surface area contributed by atoms with Crippen LogP contribution in [0.25, 0.3) is 0 Å². The molecule has 0 spiro atoms. The van der Waals surface area contributed by atoms with Crippen LogP contribution in [0.4, 0.5) is 0 Å². The molecule has 3 saturated carbocycles. The monoisotopic (exact) mass is 344 g/mol. The topological polar surface area (TPSA) is 0 Å². The molecule has 1 heterocycles. The van der Waals surface area contributed by atoms with Gasteiger partial charge < -0.3 is 0 Å². The highest BCUT2D eigenvalue weighted by molar-refractivity contribution is 6.64. The second kappa shape index (κ2) is 6.29. The summed E-state index contributed by atoms with van der Waals surface area (Å²) in [5, 5.41) is 0. The van der Waals surface area contributed by atoms with Crippen molar-refractivity contribution in [2.45, 2.75) is 96.2 Å². The fourth-order valence-electron chi connectivity index (χ4n) is 8.21. The SMILES string of the molecule is C=CC(C)(C)CC1(C)C[SiH](C2C3CCCCC3C3CCCCC32)C1. The van der Waals surface area contributed by atoms with Gasteiger partial charge in [-0.3, -0.25) is 0 Å². The lowest BCUT2D eigenvalue weighted by Crippen LogP contribution is -2.48. The van der Waals surface area contributed by atoms with Gasteiger partial charge in [0.25, 0.3) is 0 Å². The Hall–Kier alpha value is -0.0431. The highest BCUT2D eigenvalue weighted by atomic mass is 28.3. The zero-order valence-corrected chi connectivity index (χ0v) is 17.7. The molecule has 136 valence electrons. The number of rotatable bonds is 4. The summed E-state index contributed by atoms with van der Waals surface area (Å²) in [6.45, 7) is 11.5. The first-order valence-electron chi connectivity index (χ1n) is 11.1. The van der Waals surface area contributed by atoms with Crippen LogP contribution >= 0.6 is 0 Å². The molecule has 24 heavy (non-hydrogen) atoms. The molecule has 4 fully saturated rings. The van der Waals surface area contributed by atoms with Gasteiger partial charge in [0, 0.05) is 8.80 Å². The van der Waals surface area contributed by atoms with Gasteiger partial charge in [0.1, 0.15) is 0 Å². The molecular formula is C23H40Si. The van der Waals surface area contributed by atoms with E-state index in [9.17, 15) is 0 Å². The lowest BCUT2D eigenvalue weighted by molar-refractivity contribution is 0.184. The molecule has 0 bridgehead atoms. The molecular weight excluding hydrogens is 304 g/mol. The van der Waals surface area contributed by atoms with Gasteiger partial charge in [-0.15, -0.1) is 6.58 Å². The zero-order valence-electron chi connectivity index (χ0n) is 16.5. The Morgan fingerprint density at radius 1 is 0.917 bits per heavy atom. The first-order chi connectivity index (χ1) is 11.4. The second-order valence-electron chi connectivity index (χ2n) is 11.2. The number of hydrogen-bond acceptors (Lipinski definition) is 0. The van der Waals surface area contributed by atoms with Crippen LogP contribution < -0.4 is 0 Å². The summed E-state index contributed by atoms with van der Waals surface area (Å²) >= 11 is 0. The lowest BCUT2D eigenvalue weighted by Gasteiger charge is -2.53. The maximum Gasteiger partial charge on any atom is 0.0415 e. The van der Waals surface area contributed by atoms with E-state index in [1.54, 1.807) is 63.5 Å². The van der Waals surface area contributed by atoms with Crippen LogP contribution in [-0.2, 0) is 0 Å². The molecule has 1 saturated heterocycles. The van der Waals surface area contributed by atoms with Crippen molar-refractivity contribution in [3.05, 3.63) is 12.7 Å². The first-order valence-corrected chi connectivity index (χ1v) is 13.4. The van der Waals surface area contributed by atoms with Crippen LogP contribution in [0, 0.1) is 34.5 Å². The summed E-state index contributed by atoms with van der Waals surface area (Å²) < 4.78 is 0. The van der Waals surface area contributed by atoms with Crippen molar-refractivity contribution in [3.8, 4) is 0 Å². The van der Waals surface area contributed by atoms with Crippen LogP contribution in [0.3, 0.4) is 0 Å². The molecule has 0 aromatic rings. The van der Waals surface area contributed by atoms with Crippen molar-refractivity contribution < 1.29 is 0 Å². The number of fused-ring (bicyclic) bond motifs is 3. The summed E-state index contributed by atoms with van der Waals surface area (Å²) in [6, 6.07) is 3.31. The molecule has 0 aromatic heterocycles. The van der Waals surface area contributed by atoms with Gasteiger partial charge in [-0.2, -0.15) is 0 Å². The van der Waals surface area contributed by atoms with Gasteiger partial charge in [-0.1, -0.05) is 77.5 Å². The Kier molecular flexibility index (Phi) is 4.55. The molecule has 1 heteroatoms. The molecule has 1 aliphatic heterocycles. The summed E-state index contributed by atoms with van der Waals surface area (Å²) in [5.41, 5.74) is 2.25. The Bertz CT molecular complexity index is 450. The van der Waals surface area contributed by atoms with E-state index in [0.717, 1.165) is 11.8 Å². The van der Waals surface area contributed by atoms with Crippen LogP contribution in [0.2, 0.25) is 17.6 Å². The number of hydrogen-bond donors (Lipinski definition) is 0. The van der Waals surface area contributed by atoms with Crippen LogP contribution in [0.1, 0.15) is 78.6 Å². The van der Waals surface area contributed by atoms with Crippen LogP contribution in [-0.4, -0.2) is 8.80 Å². The molecule has 0 amide bonds. The third kappa shape index (κ3) is 2.97. The molecule has 0 aromatic carbocycles. The van der Waals surface area contributed by atoms with Gasteiger partial charge in [0.2, 0.25) is 0 Å². The summed E-state index contributed by atoms with van der Waals surface area (Å²) in [6.07, 6.45) is 16.2. The minimum Gasteiger partial charge on any atom is -0.103 e. The van der Waals surface area contributed by atoms with Crippen molar-refractivity contribution in [1.29, 1.82) is 0 Å². The predicted molar refractivity (Wildman–Crippen MR) is 108 cm³/mol. The standard InChI is InChI=1S/C23H40Si/c1-5-22(2,3)14-23(4)15-24(16-23)21-19-12-8-6-10-17(19)18-11-7-9-13-20(18)21/h5,17-21,24H,1,6-16H2,2-4H3. The molecule has 3 aliphatic carbocycles. The predicted octanol–water partition coefficient (Wildman–Crippen LogP) is 6.83. The van der Waals surface area contributed by atoms with Gasteiger partial charge in [0.15, 0.2) is 0 Å². The molecule has 4 unspecified atom stereocenters. The van der Waals surface area contributed by atoms with Crippen molar-refractivity contribution in [3.63, 3.8) is 0 Å². The van der Waals surface area contributed by atoms with Gasteiger partial charge in [-0.25, -0.2) is 0 Å². The van der Waals surface area contributed by atoms with E-state index in [2.05, 4.69) is 33.4 Å². The quantitative estimate of drug-likeness (QED) is 0.387.